The van der Waals surface area contributed by atoms with Crippen LogP contribution in [0.5, 0.6) is 0 Å². The molecular weight excluding hydrogens is 358 g/mol. The minimum absolute atomic E-state index is 0.0398. The van der Waals surface area contributed by atoms with Crippen molar-refractivity contribution in [2.75, 3.05) is 0 Å². The van der Waals surface area contributed by atoms with Crippen molar-refractivity contribution < 1.29 is 4.79 Å². The summed E-state index contributed by atoms with van der Waals surface area (Å²) in [6.07, 6.45) is 5.34. The molecule has 2 aliphatic rings. The summed E-state index contributed by atoms with van der Waals surface area (Å²) in [5, 5.41) is 1.50. The zero-order chi connectivity index (χ0) is 21.0. The van der Waals surface area contributed by atoms with Crippen LogP contribution in [0.15, 0.2) is 34.9 Å². The van der Waals surface area contributed by atoms with Crippen LogP contribution in [0.2, 0.25) is 13.1 Å². The number of primary amides is 1. The van der Waals surface area contributed by atoms with E-state index in [1.807, 2.05) is 0 Å². The number of hydrogen-bond acceptors (Lipinski definition) is 1. The highest BCUT2D eigenvalue weighted by atomic mass is 28.2. The summed E-state index contributed by atoms with van der Waals surface area (Å²) in [7, 11) is -0.634. The highest BCUT2D eigenvalue weighted by molar-refractivity contribution is 6.72. The van der Waals surface area contributed by atoms with Crippen molar-refractivity contribution >= 4 is 31.1 Å². The summed E-state index contributed by atoms with van der Waals surface area (Å²) in [6, 6.07) is 4.63. The van der Waals surface area contributed by atoms with Gasteiger partial charge in [0.2, 0.25) is 5.91 Å². The van der Waals surface area contributed by atoms with Gasteiger partial charge in [-0.05, 0) is 65.0 Å². The fourth-order valence-corrected chi connectivity index (χ4v) is 6.62. The number of carbonyl (C=O) groups is 1. The molecule has 28 heavy (non-hydrogen) atoms. The summed E-state index contributed by atoms with van der Waals surface area (Å²) in [6.45, 7) is 18.0. The Morgan fingerprint density at radius 3 is 2.36 bits per heavy atom. The van der Waals surface area contributed by atoms with Gasteiger partial charge in [0.15, 0.2) is 0 Å². The molecule has 0 radical (unpaired) electrons. The van der Waals surface area contributed by atoms with E-state index in [0.29, 0.717) is 5.57 Å². The van der Waals surface area contributed by atoms with E-state index in [9.17, 15) is 4.79 Å². The van der Waals surface area contributed by atoms with Gasteiger partial charge in [-0.2, -0.15) is 0 Å². The Morgan fingerprint density at radius 2 is 1.82 bits per heavy atom. The van der Waals surface area contributed by atoms with Gasteiger partial charge in [-0.1, -0.05) is 75.8 Å². The van der Waals surface area contributed by atoms with Gasteiger partial charge in [-0.15, -0.1) is 0 Å². The molecule has 148 valence electrons. The molecule has 2 N–H and O–H groups in total. The average molecular weight is 392 g/mol. The molecule has 0 fully saturated rings. The molecule has 0 bridgehead atoms. The second-order valence-electron chi connectivity index (χ2n) is 9.66. The van der Waals surface area contributed by atoms with Crippen LogP contribution in [0.1, 0.15) is 63.8 Å². The van der Waals surface area contributed by atoms with Crippen LogP contribution in [-0.4, -0.2) is 19.5 Å². The lowest BCUT2D eigenvalue weighted by Crippen LogP contribution is -2.28. The molecule has 0 saturated carbocycles. The predicted molar refractivity (Wildman–Crippen MR) is 124 cm³/mol. The fourth-order valence-electron chi connectivity index (χ4n) is 4.75. The van der Waals surface area contributed by atoms with Crippen molar-refractivity contribution in [1.82, 2.24) is 0 Å². The molecule has 0 aromatic heterocycles. The maximum absolute atomic E-state index is 12.5. The van der Waals surface area contributed by atoms with Gasteiger partial charge in [-0.25, -0.2) is 0 Å². The first-order valence-electron chi connectivity index (χ1n) is 10.2. The van der Waals surface area contributed by atoms with Gasteiger partial charge in [0.1, 0.15) is 0 Å². The standard InChI is InChI=1S/C25H33NOSi/c1-14-9-17-12-18(25(4,5)6)13-20(19(17)10-14)22-16(3)23(28(7)8)15(2)11-21(22)24(26)27/h9,11-13,15H,10H2,1-8H3,(H2,26,27). The van der Waals surface area contributed by atoms with Crippen LogP contribution in [0.4, 0.5) is 0 Å². The first kappa shape index (κ1) is 20.7. The largest absolute Gasteiger partial charge is 0.366 e. The van der Waals surface area contributed by atoms with Crippen LogP contribution >= 0.6 is 0 Å². The summed E-state index contributed by atoms with van der Waals surface area (Å²) >= 11 is 0. The molecule has 0 heterocycles. The minimum atomic E-state index is -0.634. The first-order chi connectivity index (χ1) is 12.9. The number of nitrogens with two attached hydrogens (primary N) is 1. The number of amides is 1. The number of rotatable bonds is 2. The molecule has 1 atom stereocenters. The molecule has 2 aliphatic carbocycles. The zero-order valence-corrected chi connectivity index (χ0v) is 19.6. The van der Waals surface area contributed by atoms with E-state index in [1.54, 1.807) is 0 Å². The molecule has 1 aromatic rings. The molecule has 3 rings (SSSR count). The van der Waals surface area contributed by atoms with Crippen molar-refractivity contribution in [2.24, 2.45) is 11.7 Å². The monoisotopic (exact) mass is 391 g/mol. The molecule has 1 unspecified atom stereocenters. The molecular formula is C25H33NOSi. The summed E-state index contributed by atoms with van der Waals surface area (Å²) in [4.78, 5) is 12.5. The number of carbonyl (C=O) groups excluding carboxylic acids is 1. The normalized spacial score (nSPS) is 19.4. The summed E-state index contributed by atoms with van der Waals surface area (Å²) in [5.41, 5.74) is 15.4. The molecule has 1 aromatic carbocycles. The zero-order valence-electron chi connectivity index (χ0n) is 18.6. The van der Waals surface area contributed by atoms with Gasteiger partial charge in [0, 0.05) is 14.0 Å². The van der Waals surface area contributed by atoms with Crippen molar-refractivity contribution in [2.45, 2.75) is 66.5 Å². The van der Waals surface area contributed by atoms with Gasteiger partial charge in [0.25, 0.3) is 0 Å². The van der Waals surface area contributed by atoms with Gasteiger partial charge < -0.3 is 5.73 Å². The topological polar surface area (TPSA) is 43.1 Å². The smallest absolute Gasteiger partial charge is 0.249 e. The van der Waals surface area contributed by atoms with E-state index >= 15 is 0 Å². The van der Waals surface area contributed by atoms with E-state index in [-0.39, 0.29) is 17.2 Å². The summed E-state index contributed by atoms with van der Waals surface area (Å²) < 4.78 is 0. The molecule has 0 aliphatic heterocycles. The Labute approximate surface area is 171 Å². The Bertz CT molecular complexity index is 992. The minimum Gasteiger partial charge on any atom is -0.366 e. The van der Waals surface area contributed by atoms with Crippen LogP contribution in [0.25, 0.3) is 11.6 Å². The van der Waals surface area contributed by atoms with Crippen molar-refractivity contribution in [3.63, 3.8) is 0 Å². The molecule has 1 amide bonds. The average Bonchev–Trinajstić information content (AvgIpc) is 2.92. The lowest BCUT2D eigenvalue weighted by Gasteiger charge is -2.29. The van der Waals surface area contributed by atoms with Crippen LogP contribution < -0.4 is 5.73 Å². The third kappa shape index (κ3) is 3.53. The van der Waals surface area contributed by atoms with Crippen LogP contribution in [-0.2, 0) is 16.6 Å². The lowest BCUT2D eigenvalue weighted by atomic mass is 9.77. The highest BCUT2D eigenvalue weighted by Crippen LogP contribution is 2.41. The Kier molecular flexibility index (Phi) is 5.26. The Hall–Kier alpha value is -2.00. The van der Waals surface area contributed by atoms with Crippen molar-refractivity contribution in [1.29, 1.82) is 0 Å². The third-order valence-corrected chi connectivity index (χ3v) is 7.91. The number of allylic oxidation sites excluding steroid dienone is 3. The number of benzene rings is 1. The molecule has 0 spiro atoms. The Morgan fingerprint density at radius 1 is 1.18 bits per heavy atom. The van der Waals surface area contributed by atoms with Crippen molar-refractivity contribution in [3.8, 4) is 0 Å². The molecule has 0 saturated heterocycles. The number of fused-ring (bicyclic) bond motifs is 1. The van der Waals surface area contributed by atoms with Crippen LogP contribution in [0.3, 0.4) is 0 Å². The maximum Gasteiger partial charge on any atom is 0.249 e. The fraction of sp³-hybridized carbons (Fsp3) is 0.440. The van der Waals surface area contributed by atoms with Gasteiger partial charge in [-0.3, -0.25) is 4.79 Å². The SMILES string of the molecule is CC1=Cc2cc(C(C)(C)C)cc(C3=C(C)C(=[Si](C)C)C(C)C=C3C(N)=O)c2C1. The highest BCUT2D eigenvalue weighted by Gasteiger charge is 2.30. The van der Waals surface area contributed by atoms with Gasteiger partial charge >= 0.3 is 0 Å². The molecule has 2 nitrogen and oxygen atoms in total. The van der Waals surface area contributed by atoms with E-state index in [1.165, 1.54) is 38.6 Å². The Balaban J connectivity index is 2.38. The van der Waals surface area contributed by atoms with E-state index < -0.39 is 8.41 Å². The third-order valence-electron chi connectivity index (χ3n) is 6.00. The molecule has 3 heteroatoms. The summed E-state index contributed by atoms with van der Waals surface area (Å²) in [5.74, 6) is -0.0485. The lowest BCUT2D eigenvalue weighted by molar-refractivity contribution is -0.114. The first-order valence-corrected chi connectivity index (χ1v) is 12.7. The predicted octanol–water partition coefficient (Wildman–Crippen LogP) is 5.29. The quantitative estimate of drug-likeness (QED) is 0.684. The maximum atomic E-state index is 12.5. The second-order valence-corrected chi connectivity index (χ2v) is 12.2. The van der Waals surface area contributed by atoms with E-state index in [2.05, 4.69) is 78.9 Å². The van der Waals surface area contributed by atoms with Crippen molar-refractivity contribution in [3.05, 3.63) is 57.2 Å². The van der Waals surface area contributed by atoms with E-state index in [0.717, 1.165) is 12.0 Å². The number of hydrogen-bond donors (Lipinski definition) is 1. The van der Waals surface area contributed by atoms with Crippen LogP contribution in [0, 0.1) is 5.92 Å². The van der Waals surface area contributed by atoms with Gasteiger partial charge in [0.05, 0.1) is 0 Å². The second kappa shape index (κ2) is 7.11. The van der Waals surface area contributed by atoms with E-state index in [4.69, 9.17) is 5.73 Å².